The molecule has 64 valence electrons. The molecule has 0 fully saturated rings. The molecule has 0 saturated carbocycles. The van der Waals surface area contributed by atoms with Gasteiger partial charge in [0.25, 0.3) is 0 Å². The summed E-state index contributed by atoms with van der Waals surface area (Å²) < 4.78 is 0. The first kappa shape index (κ1) is 10.4. The molecule has 0 aliphatic carbocycles. The standard InChI is InChI=1S/C9H18N2/c1-8(2)9(7-11)5-3-4-6-10/h7,9,11H,1,3-6,10H2,2H3/t9-/m1/s1. The summed E-state index contributed by atoms with van der Waals surface area (Å²) in [6, 6.07) is 0. The molecule has 0 radical (unpaired) electrons. The van der Waals surface area contributed by atoms with E-state index >= 15 is 0 Å². The average Bonchev–Trinajstić information content (AvgIpc) is 1.97. The Morgan fingerprint density at radius 3 is 2.64 bits per heavy atom. The molecule has 2 nitrogen and oxygen atoms in total. The second-order valence-electron chi connectivity index (χ2n) is 2.90. The zero-order valence-corrected chi connectivity index (χ0v) is 7.27. The zero-order chi connectivity index (χ0) is 8.69. The molecular formula is C9H18N2. The minimum atomic E-state index is 0.265. The quantitative estimate of drug-likeness (QED) is 0.343. The van der Waals surface area contributed by atoms with Gasteiger partial charge in [0.15, 0.2) is 0 Å². The molecule has 0 rings (SSSR count). The molecule has 0 aromatic rings. The molecule has 2 heteroatoms. The van der Waals surface area contributed by atoms with Gasteiger partial charge in [0, 0.05) is 12.1 Å². The van der Waals surface area contributed by atoms with E-state index in [1.165, 1.54) is 6.21 Å². The van der Waals surface area contributed by atoms with Crippen LogP contribution in [0.2, 0.25) is 0 Å². The lowest BCUT2D eigenvalue weighted by molar-refractivity contribution is 0.631. The maximum atomic E-state index is 7.11. The van der Waals surface area contributed by atoms with Crippen LogP contribution in [0, 0.1) is 11.3 Å². The summed E-state index contributed by atoms with van der Waals surface area (Å²) in [4.78, 5) is 0. The van der Waals surface area contributed by atoms with Gasteiger partial charge in [0.05, 0.1) is 0 Å². The number of nitrogens with two attached hydrogens (primary N) is 1. The lowest BCUT2D eigenvalue weighted by atomic mass is 9.97. The monoisotopic (exact) mass is 154 g/mol. The highest BCUT2D eigenvalue weighted by Crippen LogP contribution is 2.13. The van der Waals surface area contributed by atoms with Crippen molar-refractivity contribution in [2.45, 2.75) is 26.2 Å². The molecule has 0 aliphatic heterocycles. The lowest BCUT2D eigenvalue weighted by Gasteiger charge is -2.09. The molecule has 0 aromatic heterocycles. The van der Waals surface area contributed by atoms with Gasteiger partial charge in [-0.25, -0.2) is 0 Å². The van der Waals surface area contributed by atoms with Crippen molar-refractivity contribution >= 4 is 6.21 Å². The van der Waals surface area contributed by atoms with E-state index in [0.29, 0.717) is 0 Å². The maximum absolute atomic E-state index is 7.11. The highest BCUT2D eigenvalue weighted by atomic mass is 14.5. The Kier molecular flexibility index (Phi) is 5.75. The second-order valence-corrected chi connectivity index (χ2v) is 2.90. The summed E-state index contributed by atoms with van der Waals surface area (Å²) in [5.41, 5.74) is 6.43. The fourth-order valence-corrected chi connectivity index (χ4v) is 0.981. The van der Waals surface area contributed by atoms with Crippen molar-refractivity contribution in [3.8, 4) is 0 Å². The van der Waals surface area contributed by atoms with E-state index < -0.39 is 0 Å². The van der Waals surface area contributed by atoms with Crippen molar-refractivity contribution in [3.63, 3.8) is 0 Å². The fourth-order valence-electron chi connectivity index (χ4n) is 0.981. The maximum Gasteiger partial charge on any atom is 0.0139 e. The SMILES string of the molecule is C=C(C)[C@@H](C=N)CCCCN. The van der Waals surface area contributed by atoms with Gasteiger partial charge >= 0.3 is 0 Å². The number of hydrogen-bond acceptors (Lipinski definition) is 2. The molecule has 0 aromatic carbocycles. The van der Waals surface area contributed by atoms with Crippen LogP contribution in [0.5, 0.6) is 0 Å². The minimum absolute atomic E-state index is 0.265. The first-order valence-corrected chi connectivity index (χ1v) is 4.08. The van der Waals surface area contributed by atoms with Gasteiger partial charge in [0.2, 0.25) is 0 Å². The third-order valence-corrected chi connectivity index (χ3v) is 1.80. The van der Waals surface area contributed by atoms with E-state index in [2.05, 4.69) is 6.58 Å². The highest BCUT2D eigenvalue weighted by Gasteiger charge is 2.03. The van der Waals surface area contributed by atoms with E-state index in [4.69, 9.17) is 11.1 Å². The Balaban J connectivity index is 3.52. The summed E-state index contributed by atoms with van der Waals surface area (Å²) in [6.07, 6.45) is 4.65. The summed E-state index contributed by atoms with van der Waals surface area (Å²) >= 11 is 0. The van der Waals surface area contributed by atoms with Crippen LogP contribution in [0.1, 0.15) is 26.2 Å². The van der Waals surface area contributed by atoms with Crippen LogP contribution >= 0.6 is 0 Å². The number of allylic oxidation sites excluding steroid dienone is 1. The smallest absolute Gasteiger partial charge is 0.0139 e. The first-order chi connectivity index (χ1) is 5.22. The van der Waals surface area contributed by atoms with Gasteiger partial charge in [-0.05, 0) is 26.3 Å². The van der Waals surface area contributed by atoms with E-state index in [9.17, 15) is 0 Å². The Morgan fingerprint density at radius 2 is 2.27 bits per heavy atom. The van der Waals surface area contributed by atoms with E-state index in [1.54, 1.807) is 0 Å². The van der Waals surface area contributed by atoms with Crippen LogP contribution in [0.3, 0.4) is 0 Å². The van der Waals surface area contributed by atoms with Crippen LogP contribution in [0.25, 0.3) is 0 Å². The van der Waals surface area contributed by atoms with E-state index in [-0.39, 0.29) is 5.92 Å². The molecule has 11 heavy (non-hydrogen) atoms. The molecule has 0 saturated heterocycles. The fraction of sp³-hybridized carbons (Fsp3) is 0.667. The van der Waals surface area contributed by atoms with Gasteiger partial charge in [-0.2, -0.15) is 0 Å². The van der Waals surface area contributed by atoms with Gasteiger partial charge < -0.3 is 11.1 Å². The zero-order valence-electron chi connectivity index (χ0n) is 7.27. The predicted molar refractivity (Wildman–Crippen MR) is 50.0 cm³/mol. The molecule has 0 heterocycles. The van der Waals surface area contributed by atoms with Crippen molar-refractivity contribution in [1.82, 2.24) is 0 Å². The number of nitrogens with one attached hydrogen (secondary N) is 1. The van der Waals surface area contributed by atoms with Gasteiger partial charge in [-0.3, -0.25) is 0 Å². The largest absolute Gasteiger partial charge is 0.330 e. The van der Waals surface area contributed by atoms with Crippen LogP contribution in [0.15, 0.2) is 12.2 Å². The van der Waals surface area contributed by atoms with Crippen molar-refractivity contribution in [3.05, 3.63) is 12.2 Å². The third-order valence-electron chi connectivity index (χ3n) is 1.80. The van der Waals surface area contributed by atoms with Crippen molar-refractivity contribution in [1.29, 1.82) is 5.41 Å². The average molecular weight is 154 g/mol. The van der Waals surface area contributed by atoms with Gasteiger partial charge in [0.1, 0.15) is 0 Å². The van der Waals surface area contributed by atoms with Gasteiger partial charge in [-0.1, -0.05) is 18.6 Å². The topological polar surface area (TPSA) is 49.9 Å². The third kappa shape index (κ3) is 4.73. The van der Waals surface area contributed by atoms with Crippen LogP contribution < -0.4 is 5.73 Å². The highest BCUT2D eigenvalue weighted by molar-refractivity contribution is 5.60. The van der Waals surface area contributed by atoms with E-state index in [1.807, 2.05) is 6.92 Å². The van der Waals surface area contributed by atoms with Crippen molar-refractivity contribution in [2.24, 2.45) is 11.7 Å². The summed E-state index contributed by atoms with van der Waals surface area (Å²) in [7, 11) is 0. The van der Waals surface area contributed by atoms with E-state index in [0.717, 1.165) is 31.4 Å². The summed E-state index contributed by atoms with van der Waals surface area (Å²) in [5, 5.41) is 7.11. The lowest BCUT2D eigenvalue weighted by Crippen LogP contribution is -2.04. The van der Waals surface area contributed by atoms with Crippen molar-refractivity contribution < 1.29 is 0 Å². The summed E-state index contributed by atoms with van der Waals surface area (Å²) in [6.45, 7) is 6.54. The first-order valence-electron chi connectivity index (χ1n) is 4.08. The Hall–Kier alpha value is -0.630. The molecule has 3 N–H and O–H groups in total. The summed E-state index contributed by atoms with van der Waals surface area (Å²) in [5.74, 6) is 0.265. The Labute approximate surface area is 69.0 Å². The second kappa shape index (κ2) is 6.10. The normalized spacial score (nSPS) is 12.5. The number of hydrogen-bond donors (Lipinski definition) is 2. The molecule has 0 aliphatic rings. The molecule has 0 spiro atoms. The Morgan fingerprint density at radius 1 is 1.64 bits per heavy atom. The molecule has 0 bridgehead atoms. The number of rotatable bonds is 6. The van der Waals surface area contributed by atoms with Gasteiger partial charge in [-0.15, -0.1) is 0 Å². The molecule has 1 atom stereocenters. The predicted octanol–water partition coefficient (Wildman–Crippen LogP) is 1.96. The van der Waals surface area contributed by atoms with Crippen LogP contribution in [-0.2, 0) is 0 Å². The molecular weight excluding hydrogens is 136 g/mol. The minimum Gasteiger partial charge on any atom is -0.330 e. The molecule has 0 unspecified atom stereocenters. The van der Waals surface area contributed by atoms with Crippen LogP contribution in [0.4, 0.5) is 0 Å². The van der Waals surface area contributed by atoms with Crippen molar-refractivity contribution in [2.75, 3.05) is 6.54 Å². The Bertz CT molecular complexity index is 130. The molecule has 0 amide bonds. The van der Waals surface area contributed by atoms with Crippen LogP contribution in [-0.4, -0.2) is 12.8 Å². The number of unbranched alkanes of at least 4 members (excludes halogenated alkanes) is 1.